The van der Waals surface area contributed by atoms with E-state index in [9.17, 15) is 9.59 Å². The second kappa shape index (κ2) is 8.13. The summed E-state index contributed by atoms with van der Waals surface area (Å²) in [5.74, 6) is 0.258. The van der Waals surface area contributed by atoms with Crippen LogP contribution >= 0.6 is 0 Å². The molecule has 2 N–H and O–H groups in total. The minimum Gasteiger partial charge on any atom is -0.497 e. The van der Waals surface area contributed by atoms with Gasteiger partial charge in [-0.3, -0.25) is 4.79 Å². The number of nitrogens with one attached hydrogen (secondary N) is 2. The highest BCUT2D eigenvalue weighted by Gasteiger charge is 2.26. The van der Waals surface area contributed by atoms with Crippen molar-refractivity contribution in [3.63, 3.8) is 0 Å². The summed E-state index contributed by atoms with van der Waals surface area (Å²) in [6.07, 6.45) is 1.52. The van der Waals surface area contributed by atoms with Crippen molar-refractivity contribution in [1.29, 1.82) is 0 Å². The van der Waals surface area contributed by atoms with Crippen molar-refractivity contribution in [2.75, 3.05) is 7.11 Å². The molecule has 0 aliphatic heterocycles. The summed E-state index contributed by atoms with van der Waals surface area (Å²) in [4.78, 5) is 25.9. The Balaban J connectivity index is 1.74. The van der Waals surface area contributed by atoms with Crippen LogP contribution in [0.25, 0.3) is 0 Å². The minimum absolute atomic E-state index is 0.0298. The van der Waals surface area contributed by atoms with Gasteiger partial charge in [-0.1, -0.05) is 40.6 Å². The first-order valence-corrected chi connectivity index (χ1v) is 8.30. The van der Waals surface area contributed by atoms with Gasteiger partial charge in [0, 0.05) is 11.3 Å². The summed E-state index contributed by atoms with van der Waals surface area (Å²) in [7, 11) is 3.17. The van der Waals surface area contributed by atoms with Crippen molar-refractivity contribution in [1.82, 2.24) is 15.3 Å². The largest absolute Gasteiger partial charge is 0.497 e. The highest BCUT2D eigenvalue weighted by Crippen LogP contribution is 2.09. The smallest absolute Gasteiger partial charge is 0.432 e. The summed E-state index contributed by atoms with van der Waals surface area (Å²) < 4.78 is 6.44. The number of carbonyl (C=O) groups is 1. The van der Waals surface area contributed by atoms with E-state index in [0.29, 0.717) is 6.54 Å². The number of aryl methyl sites for hydroxylation is 1. The van der Waals surface area contributed by atoms with E-state index in [1.807, 2.05) is 42.5 Å². The maximum Gasteiger partial charge on any atom is 0.432 e. The van der Waals surface area contributed by atoms with E-state index in [4.69, 9.17) is 4.74 Å². The zero-order valence-corrected chi connectivity index (χ0v) is 15.0. The summed E-state index contributed by atoms with van der Waals surface area (Å²) in [5.41, 5.74) is 1.17. The van der Waals surface area contributed by atoms with Crippen LogP contribution in [-0.4, -0.2) is 29.2 Å². The number of ether oxygens (including phenoxy) is 1. The standard InChI is InChI=1S/C19H19N5O3/c1-23-17(18(25)20-12-14-6-4-3-5-7-14)19(26)24(22-23)21-13-15-8-10-16(27-2)11-9-15/h3-11,13H,12H2,1-2H3,(H-,20,22,25,26)/p+1. The SMILES string of the molecule is COc1ccc(C=Nn2[nH][n+](C)c(C(=O)NCc3ccccc3)c2=O)cc1. The van der Waals surface area contributed by atoms with Gasteiger partial charge in [0.2, 0.25) is 0 Å². The van der Waals surface area contributed by atoms with Crippen LogP contribution in [0.15, 0.2) is 64.5 Å². The maximum absolute atomic E-state index is 12.5. The van der Waals surface area contributed by atoms with Gasteiger partial charge in [0.05, 0.1) is 13.3 Å². The third-order valence-corrected chi connectivity index (χ3v) is 3.92. The van der Waals surface area contributed by atoms with E-state index in [1.165, 1.54) is 10.9 Å². The molecule has 0 bridgehead atoms. The van der Waals surface area contributed by atoms with E-state index < -0.39 is 11.5 Å². The summed E-state index contributed by atoms with van der Waals surface area (Å²) in [6, 6.07) is 16.7. The van der Waals surface area contributed by atoms with Crippen LogP contribution in [-0.2, 0) is 13.6 Å². The molecule has 2 aromatic carbocycles. The molecule has 0 saturated carbocycles. The molecule has 1 amide bonds. The predicted octanol–water partition coefficient (Wildman–Crippen LogP) is 0.822. The average Bonchev–Trinajstić information content (AvgIpc) is 2.99. The number of aromatic amines is 1. The first-order chi connectivity index (χ1) is 13.1. The van der Waals surface area contributed by atoms with E-state index in [-0.39, 0.29) is 5.69 Å². The number of methoxy groups -OCH3 is 1. The normalized spacial score (nSPS) is 10.9. The zero-order chi connectivity index (χ0) is 19.2. The topological polar surface area (TPSA) is 92.4 Å². The number of carbonyl (C=O) groups excluding carboxylic acids is 1. The van der Waals surface area contributed by atoms with E-state index in [1.54, 1.807) is 26.3 Å². The lowest BCUT2D eigenvalue weighted by Crippen LogP contribution is -2.43. The van der Waals surface area contributed by atoms with Gasteiger partial charge in [-0.2, -0.15) is 4.68 Å². The number of aromatic nitrogens is 3. The van der Waals surface area contributed by atoms with Crippen molar-refractivity contribution in [2.45, 2.75) is 6.54 Å². The molecule has 0 spiro atoms. The molecule has 0 fully saturated rings. The molecule has 0 unspecified atom stereocenters. The lowest BCUT2D eigenvalue weighted by atomic mass is 10.2. The Labute approximate surface area is 155 Å². The molecular formula is C19H20N5O3+. The van der Waals surface area contributed by atoms with Gasteiger partial charge in [0.15, 0.2) is 0 Å². The van der Waals surface area contributed by atoms with Gasteiger partial charge in [-0.25, -0.2) is 4.79 Å². The van der Waals surface area contributed by atoms with Gasteiger partial charge in [0.25, 0.3) is 0 Å². The molecule has 1 heterocycles. The van der Waals surface area contributed by atoms with Gasteiger partial charge in [-0.15, -0.1) is 0 Å². The zero-order valence-electron chi connectivity index (χ0n) is 15.0. The van der Waals surface area contributed by atoms with Crippen molar-refractivity contribution < 1.29 is 14.2 Å². The highest BCUT2D eigenvalue weighted by molar-refractivity contribution is 5.90. The third-order valence-electron chi connectivity index (χ3n) is 3.92. The third kappa shape index (κ3) is 4.30. The fourth-order valence-electron chi connectivity index (χ4n) is 2.49. The van der Waals surface area contributed by atoms with E-state index in [0.717, 1.165) is 21.7 Å². The number of nitrogens with zero attached hydrogens (tertiary/aromatic N) is 3. The van der Waals surface area contributed by atoms with Crippen molar-refractivity contribution in [2.24, 2.45) is 12.1 Å². The molecule has 0 atom stereocenters. The molecule has 3 rings (SSSR count). The molecule has 27 heavy (non-hydrogen) atoms. The number of H-pyrrole nitrogens is 1. The second-order valence-electron chi connectivity index (χ2n) is 5.81. The van der Waals surface area contributed by atoms with Gasteiger partial charge < -0.3 is 10.1 Å². The summed E-state index contributed by atoms with van der Waals surface area (Å²) in [5, 5.41) is 9.56. The molecular weight excluding hydrogens is 346 g/mol. The molecule has 8 nitrogen and oxygen atoms in total. The van der Waals surface area contributed by atoms with Crippen molar-refractivity contribution in [3.8, 4) is 5.75 Å². The second-order valence-corrected chi connectivity index (χ2v) is 5.81. The highest BCUT2D eigenvalue weighted by atomic mass is 16.5. The number of amides is 1. The maximum atomic E-state index is 12.5. The lowest BCUT2D eigenvalue weighted by Gasteiger charge is -2.01. The molecule has 0 aliphatic rings. The first kappa shape index (κ1) is 18.1. The Bertz CT molecular complexity index is 1000. The van der Waals surface area contributed by atoms with Crippen LogP contribution in [0, 0.1) is 0 Å². The van der Waals surface area contributed by atoms with Crippen molar-refractivity contribution >= 4 is 12.1 Å². The van der Waals surface area contributed by atoms with Crippen LogP contribution in [0.4, 0.5) is 0 Å². The van der Waals surface area contributed by atoms with Gasteiger partial charge in [0.1, 0.15) is 12.8 Å². The first-order valence-electron chi connectivity index (χ1n) is 8.30. The number of benzene rings is 2. The summed E-state index contributed by atoms with van der Waals surface area (Å²) >= 11 is 0. The fourth-order valence-corrected chi connectivity index (χ4v) is 2.49. The Hall–Kier alpha value is -3.68. The van der Waals surface area contributed by atoms with Crippen LogP contribution in [0.3, 0.4) is 0 Å². The van der Waals surface area contributed by atoms with Gasteiger partial charge >= 0.3 is 17.2 Å². The number of hydrogen-bond acceptors (Lipinski definition) is 4. The van der Waals surface area contributed by atoms with Crippen LogP contribution in [0.1, 0.15) is 21.6 Å². The minimum atomic E-state index is -0.534. The van der Waals surface area contributed by atoms with E-state index >= 15 is 0 Å². The quantitative estimate of drug-likeness (QED) is 0.500. The Kier molecular flexibility index (Phi) is 5.46. The van der Waals surface area contributed by atoms with Crippen LogP contribution in [0.2, 0.25) is 0 Å². The molecule has 1 aromatic heterocycles. The Morgan fingerprint density at radius 3 is 2.59 bits per heavy atom. The molecule has 138 valence electrons. The average molecular weight is 366 g/mol. The number of hydrogen-bond donors (Lipinski definition) is 2. The monoisotopic (exact) mass is 366 g/mol. The predicted molar refractivity (Wildman–Crippen MR) is 99.8 cm³/mol. The Morgan fingerprint density at radius 2 is 1.93 bits per heavy atom. The van der Waals surface area contributed by atoms with Crippen LogP contribution < -0.4 is 20.3 Å². The molecule has 8 heteroatoms. The fraction of sp³-hybridized carbons (Fsp3) is 0.158. The van der Waals surface area contributed by atoms with Crippen molar-refractivity contribution in [3.05, 3.63) is 81.8 Å². The lowest BCUT2D eigenvalue weighted by molar-refractivity contribution is -0.734. The Morgan fingerprint density at radius 1 is 1.22 bits per heavy atom. The van der Waals surface area contributed by atoms with Gasteiger partial charge in [-0.05, 0) is 35.4 Å². The number of rotatable bonds is 6. The van der Waals surface area contributed by atoms with E-state index in [2.05, 4.69) is 15.6 Å². The molecule has 3 aromatic rings. The molecule has 0 aliphatic carbocycles. The molecule has 0 saturated heterocycles. The summed E-state index contributed by atoms with van der Waals surface area (Å²) in [6.45, 7) is 0.333. The van der Waals surface area contributed by atoms with Crippen LogP contribution in [0.5, 0.6) is 5.75 Å². The molecule has 0 radical (unpaired) electrons.